The largest absolute Gasteiger partial charge is 0.0998 e. The van der Waals surface area contributed by atoms with Crippen molar-refractivity contribution >= 4 is 0 Å². The summed E-state index contributed by atoms with van der Waals surface area (Å²) in [6.07, 6.45) is 7.81. The Balaban J connectivity index is 2.12. The third-order valence-corrected chi connectivity index (χ3v) is 4.97. The van der Waals surface area contributed by atoms with E-state index < -0.39 is 0 Å². The first-order chi connectivity index (χ1) is 9.61. The summed E-state index contributed by atoms with van der Waals surface area (Å²) in [5.74, 6) is 2.24. The summed E-state index contributed by atoms with van der Waals surface area (Å²) < 4.78 is 0. The van der Waals surface area contributed by atoms with E-state index in [0.29, 0.717) is 11.8 Å². The average molecular weight is 270 g/mol. The zero-order valence-electron chi connectivity index (χ0n) is 13.5. The molecule has 0 heteroatoms. The number of benzene rings is 1. The Morgan fingerprint density at radius 3 is 2.50 bits per heavy atom. The Kier molecular flexibility index (Phi) is 5.46. The Hall–Kier alpha value is -1.04. The van der Waals surface area contributed by atoms with E-state index in [-0.39, 0.29) is 0 Å². The number of hydrogen-bond acceptors (Lipinski definition) is 0. The summed E-state index contributed by atoms with van der Waals surface area (Å²) in [6, 6.07) is 9.45. The Bertz CT molecular complexity index is 426. The molecule has 2 unspecified atom stereocenters. The van der Waals surface area contributed by atoms with Gasteiger partial charge in [-0.05, 0) is 61.5 Å². The van der Waals surface area contributed by atoms with E-state index >= 15 is 0 Å². The van der Waals surface area contributed by atoms with Crippen molar-refractivity contribution in [3.8, 4) is 0 Å². The van der Waals surface area contributed by atoms with E-state index in [9.17, 15) is 0 Å². The van der Waals surface area contributed by atoms with E-state index in [1.165, 1.54) is 55.2 Å². The molecule has 110 valence electrons. The number of hydrogen-bond donors (Lipinski definition) is 0. The number of unbranched alkanes of at least 4 members (excludes halogenated alkanes) is 1. The lowest BCUT2D eigenvalue weighted by Crippen LogP contribution is -2.22. The van der Waals surface area contributed by atoms with Crippen molar-refractivity contribution < 1.29 is 0 Å². The maximum Gasteiger partial charge on any atom is -0.00940 e. The van der Waals surface area contributed by atoms with Gasteiger partial charge in [-0.3, -0.25) is 0 Å². The molecule has 0 nitrogen and oxygen atoms in total. The SMILES string of the molecule is C=C(C)[C@@H]1CCC(C)CC1c1ccc(CCCC)cc1. The molecule has 1 aromatic rings. The molecule has 1 aliphatic rings. The van der Waals surface area contributed by atoms with Crippen LogP contribution in [0.4, 0.5) is 0 Å². The van der Waals surface area contributed by atoms with Crippen LogP contribution in [0.2, 0.25) is 0 Å². The van der Waals surface area contributed by atoms with Crippen LogP contribution in [0.15, 0.2) is 36.4 Å². The van der Waals surface area contributed by atoms with E-state index in [0.717, 1.165) is 5.92 Å². The summed E-state index contributed by atoms with van der Waals surface area (Å²) in [4.78, 5) is 0. The molecule has 20 heavy (non-hydrogen) atoms. The third-order valence-electron chi connectivity index (χ3n) is 4.97. The first-order valence-corrected chi connectivity index (χ1v) is 8.36. The summed E-state index contributed by atoms with van der Waals surface area (Å²) in [6.45, 7) is 11.1. The van der Waals surface area contributed by atoms with Crippen LogP contribution in [-0.2, 0) is 6.42 Å². The van der Waals surface area contributed by atoms with Crippen molar-refractivity contribution in [1.82, 2.24) is 0 Å². The number of rotatable bonds is 5. The Morgan fingerprint density at radius 1 is 1.20 bits per heavy atom. The minimum Gasteiger partial charge on any atom is -0.0998 e. The van der Waals surface area contributed by atoms with Crippen LogP contribution >= 0.6 is 0 Å². The van der Waals surface area contributed by atoms with Gasteiger partial charge in [-0.15, -0.1) is 0 Å². The van der Waals surface area contributed by atoms with Gasteiger partial charge in [-0.2, -0.15) is 0 Å². The van der Waals surface area contributed by atoms with E-state index in [2.05, 4.69) is 51.6 Å². The smallest absolute Gasteiger partial charge is 0.00940 e. The van der Waals surface area contributed by atoms with Crippen LogP contribution < -0.4 is 0 Å². The molecule has 0 N–H and O–H groups in total. The maximum atomic E-state index is 4.24. The highest BCUT2D eigenvalue weighted by atomic mass is 14.3. The first kappa shape index (κ1) is 15.4. The predicted octanol–water partition coefficient (Wildman–Crippen LogP) is 6.13. The van der Waals surface area contributed by atoms with Gasteiger partial charge in [0.1, 0.15) is 0 Å². The van der Waals surface area contributed by atoms with Crippen molar-refractivity contribution in [3.63, 3.8) is 0 Å². The molecule has 0 bridgehead atoms. The second kappa shape index (κ2) is 7.11. The maximum absolute atomic E-state index is 4.24. The molecule has 1 aliphatic carbocycles. The van der Waals surface area contributed by atoms with Gasteiger partial charge in [0.15, 0.2) is 0 Å². The van der Waals surface area contributed by atoms with Crippen LogP contribution in [0.1, 0.15) is 69.9 Å². The zero-order chi connectivity index (χ0) is 14.5. The van der Waals surface area contributed by atoms with E-state index in [4.69, 9.17) is 0 Å². The molecular weight excluding hydrogens is 240 g/mol. The van der Waals surface area contributed by atoms with Crippen LogP contribution in [0.5, 0.6) is 0 Å². The molecule has 1 aromatic carbocycles. The van der Waals surface area contributed by atoms with Crippen molar-refractivity contribution in [2.75, 3.05) is 0 Å². The highest BCUT2D eigenvalue weighted by molar-refractivity contribution is 5.28. The normalized spacial score (nSPS) is 26.4. The highest BCUT2D eigenvalue weighted by Crippen LogP contribution is 2.43. The van der Waals surface area contributed by atoms with Gasteiger partial charge in [0.2, 0.25) is 0 Å². The molecule has 3 atom stereocenters. The second-order valence-corrected chi connectivity index (χ2v) is 6.82. The molecule has 1 saturated carbocycles. The fraction of sp³-hybridized carbons (Fsp3) is 0.600. The summed E-state index contributed by atoms with van der Waals surface area (Å²) in [5.41, 5.74) is 4.40. The van der Waals surface area contributed by atoms with Crippen LogP contribution in [0.25, 0.3) is 0 Å². The fourth-order valence-electron chi connectivity index (χ4n) is 3.65. The topological polar surface area (TPSA) is 0 Å². The quantitative estimate of drug-likeness (QED) is 0.565. The van der Waals surface area contributed by atoms with Gasteiger partial charge >= 0.3 is 0 Å². The van der Waals surface area contributed by atoms with E-state index in [1.54, 1.807) is 0 Å². The lowest BCUT2D eigenvalue weighted by Gasteiger charge is -2.36. The second-order valence-electron chi connectivity index (χ2n) is 6.82. The molecule has 0 spiro atoms. The molecule has 0 saturated heterocycles. The lowest BCUT2D eigenvalue weighted by atomic mass is 9.69. The Labute approximate surface area is 125 Å². The van der Waals surface area contributed by atoms with Crippen molar-refractivity contribution in [2.24, 2.45) is 11.8 Å². The average Bonchev–Trinajstić information content (AvgIpc) is 2.45. The van der Waals surface area contributed by atoms with Gasteiger partial charge in [0.05, 0.1) is 0 Å². The number of allylic oxidation sites excluding steroid dienone is 1. The molecule has 0 aliphatic heterocycles. The Morgan fingerprint density at radius 2 is 1.90 bits per heavy atom. The molecule has 0 heterocycles. The predicted molar refractivity (Wildman–Crippen MR) is 89.1 cm³/mol. The van der Waals surface area contributed by atoms with Gasteiger partial charge in [0.25, 0.3) is 0 Å². The van der Waals surface area contributed by atoms with Crippen molar-refractivity contribution in [2.45, 2.75) is 65.2 Å². The van der Waals surface area contributed by atoms with Crippen molar-refractivity contribution in [3.05, 3.63) is 47.5 Å². The standard InChI is InChI=1S/C20H30/c1-5-6-7-17-9-11-18(12-10-17)20-14-16(4)8-13-19(20)15(2)3/h9-12,16,19-20H,2,5-8,13-14H2,1,3-4H3/t16?,19-,20?/m0/s1. The van der Waals surface area contributed by atoms with Gasteiger partial charge in [0, 0.05) is 0 Å². The molecule has 0 radical (unpaired) electrons. The molecule has 1 fully saturated rings. The molecule has 0 aromatic heterocycles. The summed E-state index contributed by atoms with van der Waals surface area (Å²) >= 11 is 0. The third kappa shape index (κ3) is 3.75. The van der Waals surface area contributed by atoms with Crippen molar-refractivity contribution in [1.29, 1.82) is 0 Å². The molecular formula is C20H30. The van der Waals surface area contributed by atoms with Crippen LogP contribution in [-0.4, -0.2) is 0 Å². The van der Waals surface area contributed by atoms with Gasteiger partial charge in [-0.25, -0.2) is 0 Å². The lowest BCUT2D eigenvalue weighted by molar-refractivity contribution is 0.278. The van der Waals surface area contributed by atoms with Crippen LogP contribution in [0, 0.1) is 11.8 Å². The highest BCUT2D eigenvalue weighted by Gasteiger charge is 2.30. The van der Waals surface area contributed by atoms with Crippen LogP contribution in [0.3, 0.4) is 0 Å². The van der Waals surface area contributed by atoms with Gasteiger partial charge in [-0.1, -0.05) is 63.1 Å². The van der Waals surface area contributed by atoms with Gasteiger partial charge < -0.3 is 0 Å². The molecule has 0 amide bonds. The molecule has 2 rings (SSSR count). The fourth-order valence-corrected chi connectivity index (χ4v) is 3.65. The monoisotopic (exact) mass is 270 g/mol. The van der Waals surface area contributed by atoms with E-state index in [1.807, 2.05) is 0 Å². The summed E-state index contributed by atoms with van der Waals surface area (Å²) in [7, 11) is 0. The minimum atomic E-state index is 0.688. The summed E-state index contributed by atoms with van der Waals surface area (Å²) in [5, 5.41) is 0. The minimum absolute atomic E-state index is 0.688. The zero-order valence-corrected chi connectivity index (χ0v) is 13.5. The first-order valence-electron chi connectivity index (χ1n) is 8.36. The number of aryl methyl sites for hydroxylation is 1.